The summed E-state index contributed by atoms with van der Waals surface area (Å²) >= 11 is 0. The van der Waals surface area contributed by atoms with Crippen LogP contribution in [0.1, 0.15) is 82.3 Å². The maximum Gasteiger partial charge on any atom is 0.426 e. The summed E-state index contributed by atoms with van der Waals surface area (Å²) < 4.78 is 97.5. The second-order valence-electron chi connectivity index (χ2n) is 12.0. The van der Waals surface area contributed by atoms with E-state index in [0.29, 0.717) is 24.4 Å². The Morgan fingerprint density at radius 3 is 2.40 bits per heavy atom. The molecule has 2 saturated carbocycles. The van der Waals surface area contributed by atoms with Crippen molar-refractivity contribution < 1.29 is 40.6 Å². The van der Waals surface area contributed by atoms with Gasteiger partial charge in [0, 0.05) is 13.2 Å². The van der Waals surface area contributed by atoms with Gasteiger partial charge in [0.25, 0.3) is 5.60 Å². The van der Waals surface area contributed by atoms with E-state index in [1.807, 2.05) is 7.05 Å². The molecule has 0 aliphatic heterocycles. The first kappa shape index (κ1) is 31.4. The normalized spacial score (nSPS) is 28.6. The molecule has 4 rings (SSSR count). The Kier molecular flexibility index (Phi) is 9.72. The minimum Gasteiger partial charge on any atom is -0.492 e. The van der Waals surface area contributed by atoms with Gasteiger partial charge in [0.2, 0.25) is 0 Å². The summed E-state index contributed by atoms with van der Waals surface area (Å²) in [6, 6.07) is 6.48. The fraction of sp³-hybridized carbons (Fsp3) is 0.800. The van der Waals surface area contributed by atoms with E-state index >= 15 is 0 Å². The molecule has 1 unspecified atom stereocenters. The summed E-state index contributed by atoms with van der Waals surface area (Å²) in [5.41, 5.74) is -1.38. The van der Waals surface area contributed by atoms with Gasteiger partial charge in [0.15, 0.2) is 0 Å². The van der Waals surface area contributed by atoms with Crippen LogP contribution in [0.3, 0.4) is 0 Å². The Bertz CT molecular complexity index is 969. The van der Waals surface area contributed by atoms with E-state index in [1.54, 1.807) is 0 Å². The molecule has 40 heavy (non-hydrogen) atoms. The maximum atomic E-state index is 13.5. The van der Waals surface area contributed by atoms with Crippen molar-refractivity contribution in [3.8, 4) is 5.75 Å². The highest BCUT2D eigenvalue weighted by molar-refractivity contribution is 5.40. The molecule has 4 nitrogen and oxygen atoms in total. The van der Waals surface area contributed by atoms with Crippen LogP contribution in [0.4, 0.5) is 26.3 Å². The number of hydrogen-bond acceptors (Lipinski definition) is 4. The van der Waals surface area contributed by atoms with Crippen LogP contribution in [-0.4, -0.2) is 57.5 Å². The van der Waals surface area contributed by atoms with E-state index in [9.17, 15) is 26.3 Å². The summed E-state index contributed by atoms with van der Waals surface area (Å²) in [6.07, 6.45) is -6.55. The van der Waals surface area contributed by atoms with Crippen LogP contribution >= 0.6 is 0 Å². The van der Waals surface area contributed by atoms with Gasteiger partial charge in [-0.15, -0.1) is 0 Å². The lowest BCUT2D eigenvalue weighted by Crippen LogP contribution is -2.58. The Hall–Kier alpha value is -1.52. The summed E-state index contributed by atoms with van der Waals surface area (Å²) in [4.78, 5) is 0. The number of nitrogens with one attached hydrogen (secondary N) is 1. The van der Waals surface area contributed by atoms with Crippen LogP contribution in [-0.2, 0) is 15.9 Å². The van der Waals surface area contributed by atoms with Gasteiger partial charge in [0.1, 0.15) is 12.4 Å². The molecule has 228 valence electrons. The fourth-order valence-corrected chi connectivity index (χ4v) is 7.71. The van der Waals surface area contributed by atoms with Gasteiger partial charge in [0.05, 0.1) is 12.7 Å². The quantitative estimate of drug-likeness (QED) is 0.205. The van der Waals surface area contributed by atoms with E-state index in [2.05, 4.69) is 35.2 Å². The number of hydrogen-bond donors (Lipinski definition) is 1. The zero-order valence-corrected chi connectivity index (χ0v) is 23.7. The zero-order valence-electron chi connectivity index (χ0n) is 23.7. The van der Waals surface area contributed by atoms with Gasteiger partial charge in [-0.1, -0.05) is 26.3 Å². The molecular weight excluding hydrogens is 536 g/mol. The number of benzene rings is 1. The van der Waals surface area contributed by atoms with Crippen molar-refractivity contribution in [3.63, 3.8) is 0 Å². The first-order chi connectivity index (χ1) is 18.9. The number of likely N-dealkylation sites (N-methyl/N-ethyl adjacent to an activating group) is 1. The Morgan fingerprint density at radius 1 is 0.975 bits per heavy atom. The Balaban J connectivity index is 1.33. The molecule has 0 amide bonds. The van der Waals surface area contributed by atoms with Crippen molar-refractivity contribution in [1.29, 1.82) is 0 Å². The highest BCUT2D eigenvalue weighted by atomic mass is 19.4. The van der Waals surface area contributed by atoms with Crippen molar-refractivity contribution >= 4 is 0 Å². The third kappa shape index (κ3) is 6.00. The molecule has 10 heteroatoms. The average Bonchev–Trinajstić information content (AvgIpc) is 3.22. The van der Waals surface area contributed by atoms with E-state index in [1.165, 1.54) is 18.1 Å². The molecule has 0 saturated heterocycles. The van der Waals surface area contributed by atoms with E-state index in [0.717, 1.165) is 50.8 Å². The van der Waals surface area contributed by atoms with Gasteiger partial charge in [-0.05, 0) is 105 Å². The lowest BCUT2D eigenvalue weighted by Gasteiger charge is -2.50. The Morgan fingerprint density at radius 2 is 1.73 bits per heavy atom. The molecule has 0 aromatic heterocycles. The second-order valence-corrected chi connectivity index (χ2v) is 12.0. The number of halogens is 6. The predicted molar refractivity (Wildman–Crippen MR) is 141 cm³/mol. The first-order valence-electron chi connectivity index (χ1n) is 14.7. The van der Waals surface area contributed by atoms with Crippen molar-refractivity contribution in [2.75, 3.05) is 33.4 Å². The molecule has 0 spiro atoms. The van der Waals surface area contributed by atoms with Crippen LogP contribution in [0.5, 0.6) is 5.75 Å². The molecule has 0 radical (unpaired) electrons. The summed E-state index contributed by atoms with van der Waals surface area (Å²) in [5, 5.41) is 3.08. The van der Waals surface area contributed by atoms with Gasteiger partial charge in [-0.3, -0.25) is 0 Å². The van der Waals surface area contributed by atoms with E-state index in [-0.39, 0.29) is 31.0 Å². The number of ether oxygens (including phenoxy) is 3. The van der Waals surface area contributed by atoms with Crippen LogP contribution in [0.25, 0.3) is 0 Å². The lowest BCUT2D eigenvalue weighted by atomic mass is 9.55. The van der Waals surface area contributed by atoms with Crippen molar-refractivity contribution in [3.05, 3.63) is 29.3 Å². The van der Waals surface area contributed by atoms with Crippen molar-refractivity contribution in [2.24, 2.45) is 17.3 Å². The van der Waals surface area contributed by atoms with Gasteiger partial charge >= 0.3 is 12.4 Å². The zero-order chi connectivity index (χ0) is 29.2. The minimum atomic E-state index is -5.54. The number of fused-ring (bicyclic) bond motifs is 5. The van der Waals surface area contributed by atoms with Crippen molar-refractivity contribution in [2.45, 2.75) is 102 Å². The number of rotatable bonds is 12. The van der Waals surface area contributed by atoms with Crippen LogP contribution in [0, 0.1) is 17.3 Å². The monoisotopic (exact) mass is 579 g/mol. The van der Waals surface area contributed by atoms with Crippen LogP contribution in [0.2, 0.25) is 0 Å². The molecule has 1 aromatic rings. The fourth-order valence-electron chi connectivity index (χ4n) is 7.71. The van der Waals surface area contributed by atoms with Crippen LogP contribution in [0.15, 0.2) is 18.2 Å². The largest absolute Gasteiger partial charge is 0.492 e. The molecule has 1 aromatic carbocycles. The standard InChI is InChI=1S/C30H43F6NO3/c1-4-13-28(29(31,32)33,30(34,35)36)40-17-5-16-39-26-11-10-25-24-8-6-20-19-21(38-18-15-37-3)7-9-22(20)23(24)12-14-27(25,26)2/h7,9,19,23-26,37H,4-6,8,10-18H2,1-3H3/t23?,24-,25+,26+,27+/m1/s1. The highest BCUT2D eigenvalue weighted by Gasteiger charge is 2.71. The smallest absolute Gasteiger partial charge is 0.426 e. The summed E-state index contributed by atoms with van der Waals surface area (Å²) in [7, 11) is 1.90. The molecule has 0 bridgehead atoms. The van der Waals surface area contributed by atoms with E-state index < -0.39 is 31.0 Å². The summed E-state index contributed by atoms with van der Waals surface area (Å²) in [5.74, 6) is 2.44. The molecule has 0 heterocycles. The third-order valence-electron chi connectivity index (χ3n) is 9.71. The van der Waals surface area contributed by atoms with Crippen LogP contribution < -0.4 is 10.1 Å². The van der Waals surface area contributed by atoms with Crippen molar-refractivity contribution in [1.82, 2.24) is 5.32 Å². The molecule has 5 atom stereocenters. The van der Waals surface area contributed by atoms with Gasteiger partial charge in [-0.2, -0.15) is 26.3 Å². The van der Waals surface area contributed by atoms with E-state index in [4.69, 9.17) is 9.47 Å². The number of alkyl halides is 6. The lowest BCUT2D eigenvalue weighted by molar-refractivity contribution is -0.383. The van der Waals surface area contributed by atoms with Gasteiger partial charge < -0.3 is 19.5 Å². The maximum absolute atomic E-state index is 13.5. The van der Waals surface area contributed by atoms with Gasteiger partial charge in [-0.25, -0.2) is 0 Å². The predicted octanol–water partition coefficient (Wildman–Crippen LogP) is 7.60. The molecule has 3 aliphatic rings. The number of aryl methyl sites for hydroxylation is 1. The second kappa shape index (κ2) is 12.4. The molecule has 2 fully saturated rings. The Labute approximate surface area is 233 Å². The molecule has 1 N–H and O–H groups in total. The highest BCUT2D eigenvalue weighted by Crippen LogP contribution is 2.61. The molecular formula is C30H43F6NO3. The SMILES string of the molecule is CCCC(OCCCO[C@H]1CC[C@H]2[C@@H]3CCc4cc(OCCNC)ccc4C3CC[C@]12C)(C(F)(F)F)C(F)(F)F. The summed E-state index contributed by atoms with van der Waals surface area (Å²) in [6.45, 7) is 4.38. The first-order valence-corrected chi connectivity index (χ1v) is 14.7. The third-order valence-corrected chi connectivity index (χ3v) is 9.71. The average molecular weight is 580 g/mol. The topological polar surface area (TPSA) is 39.7 Å². The minimum absolute atomic E-state index is 0.0208. The molecule has 3 aliphatic carbocycles.